The molecule has 0 radical (unpaired) electrons. The topological polar surface area (TPSA) is 87.6 Å². The van der Waals surface area contributed by atoms with Crippen LogP contribution < -0.4 is 10.1 Å². The van der Waals surface area contributed by atoms with Crippen molar-refractivity contribution < 1.29 is 23.4 Å². The highest BCUT2D eigenvalue weighted by molar-refractivity contribution is 6.32. The average molecular weight is 531 g/mol. The van der Waals surface area contributed by atoms with E-state index in [1.54, 1.807) is 25.4 Å². The van der Waals surface area contributed by atoms with Crippen LogP contribution in [0.5, 0.6) is 5.88 Å². The monoisotopic (exact) mass is 530 g/mol. The van der Waals surface area contributed by atoms with E-state index in [2.05, 4.69) is 15.3 Å². The first-order chi connectivity index (χ1) is 17.8. The van der Waals surface area contributed by atoms with Crippen molar-refractivity contribution in [2.24, 2.45) is 0 Å². The van der Waals surface area contributed by atoms with Gasteiger partial charge in [-0.1, -0.05) is 23.8 Å². The number of pyridine rings is 2. The summed E-state index contributed by atoms with van der Waals surface area (Å²) in [6.07, 6.45) is 7.91. The lowest BCUT2D eigenvalue weighted by Gasteiger charge is -2.39. The number of aromatic nitrogens is 2. The van der Waals surface area contributed by atoms with Gasteiger partial charge in [-0.3, -0.25) is 14.7 Å². The molecule has 1 aliphatic rings. The van der Waals surface area contributed by atoms with Gasteiger partial charge in [-0.15, -0.1) is 0 Å². The number of nitrogens with one attached hydrogen (secondary N) is 1. The van der Waals surface area contributed by atoms with Gasteiger partial charge in [-0.05, 0) is 49.9 Å². The fraction of sp³-hybridized carbons (Fsp3) is 0.370. The van der Waals surface area contributed by atoms with Gasteiger partial charge < -0.3 is 15.2 Å². The number of nitrogens with zero attached hydrogens (tertiary/aromatic N) is 3. The number of ether oxygens (including phenoxy) is 1. The number of carboxylic acid groups (broad SMARTS) is 1. The Morgan fingerprint density at radius 1 is 1.30 bits per heavy atom. The molecule has 2 N–H and O–H groups in total. The highest BCUT2D eigenvalue weighted by Gasteiger charge is 2.29. The molecule has 1 saturated heterocycles. The van der Waals surface area contributed by atoms with Gasteiger partial charge in [0.15, 0.2) is 0 Å². The van der Waals surface area contributed by atoms with Crippen LogP contribution in [0, 0.1) is 11.6 Å². The molecule has 1 fully saturated rings. The van der Waals surface area contributed by atoms with Gasteiger partial charge >= 0.3 is 5.97 Å². The Kier molecular flexibility index (Phi) is 9.02. The molecule has 7 nitrogen and oxygen atoms in total. The molecule has 1 aromatic carbocycles. The Hall–Kier alpha value is -3.14. The van der Waals surface area contributed by atoms with E-state index < -0.39 is 17.6 Å². The number of carboxylic acids is 1. The lowest BCUT2D eigenvalue weighted by Crippen LogP contribution is -2.52. The van der Waals surface area contributed by atoms with Gasteiger partial charge in [0.25, 0.3) is 0 Å². The number of benzene rings is 1. The maximum absolute atomic E-state index is 13.8. The number of hydrogen-bond acceptors (Lipinski definition) is 6. The van der Waals surface area contributed by atoms with Crippen LogP contribution in [0.1, 0.15) is 30.4 Å². The van der Waals surface area contributed by atoms with Gasteiger partial charge in [0.1, 0.15) is 11.6 Å². The second-order valence-corrected chi connectivity index (χ2v) is 9.48. The third kappa shape index (κ3) is 7.00. The Balaban J connectivity index is 1.38. The van der Waals surface area contributed by atoms with Crippen molar-refractivity contribution >= 4 is 34.7 Å². The number of fused-ring (bicyclic) bond motifs is 1. The molecule has 0 bridgehead atoms. The molecule has 0 aliphatic carbocycles. The highest BCUT2D eigenvalue weighted by Crippen LogP contribution is 2.29. The number of aryl methyl sites for hydroxylation is 1. The summed E-state index contributed by atoms with van der Waals surface area (Å²) in [5.41, 5.74) is 2.47. The second-order valence-electron chi connectivity index (χ2n) is 9.07. The number of piperidine rings is 1. The Morgan fingerprint density at radius 2 is 2.14 bits per heavy atom. The summed E-state index contributed by atoms with van der Waals surface area (Å²) in [5, 5.41) is 13.4. The minimum atomic E-state index is -0.883. The predicted molar refractivity (Wildman–Crippen MR) is 139 cm³/mol. The molecule has 2 atom stereocenters. The first-order valence-corrected chi connectivity index (χ1v) is 12.5. The van der Waals surface area contributed by atoms with Crippen LogP contribution in [0.4, 0.5) is 8.78 Å². The zero-order valence-corrected chi connectivity index (χ0v) is 21.2. The summed E-state index contributed by atoms with van der Waals surface area (Å²) in [7, 11) is 1.55. The maximum atomic E-state index is 13.8. The zero-order valence-electron chi connectivity index (χ0n) is 20.5. The first-order valence-electron chi connectivity index (χ1n) is 12.1. The summed E-state index contributed by atoms with van der Waals surface area (Å²) in [6, 6.07) is 7.06. The van der Waals surface area contributed by atoms with E-state index in [9.17, 15) is 18.7 Å². The lowest BCUT2D eigenvalue weighted by molar-refractivity contribution is -0.139. The summed E-state index contributed by atoms with van der Waals surface area (Å²) in [6.45, 7) is 0.957. The Bertz CT molecular complexity index is 1290. The Morgan fingerprint density at radius 3 is 2.92 bits per heavy atom. The van der Waals surface area contributed by atoms with E-state index in [-0.39, 0.29) is 24.2 Å². The van der Waals surface area contributed by atoms with Crippen molar-refractivity contribution in [3.8, 4) is 5.88 Å². The smallest absolute Gasteiger partial charge is 0.317 e. The van der Waals surface area contributed by atoms with Gasteiger partial charge in [0.2, 0.25) is 5.88 Å². The SMILES string of the molecule is COc1ccc2ncc(Cl)c(CC[C@H]3CC[C@H](NCC=Cc4cc(F)ccc4F)CN3CC(=O)O)c2n1. The van der Waals surface area contributed by atoms with E-state index in [0.717, 1.165) is 48.5 Å². The van der Waals surface area contributed by atoms with Gasteiger partial charge in [-0.25, -0.2) is 13.8 Å². The molecular formula is C27H29ClF2N4O3. The van der Waals surface area contributed by atoms with Crippen molar-refractivity contribution in [2.75, 3.05) is 26.7 Å². The van der Waals surface area contributed by atoms with Crippen LogP contribution in [0.2, 0.25) is 5.02 Å². The predicted octanol–water partition coefficient (Wildman–Crippen LogP) is 4.72. The van der Waals surface area contributed by atoms with Gasteiger partial charge in [0.05, 0.1) is 29.7 Å². The van der Waals surface area contributed by atoms with E-state index in [1.807, 2.05) is 11.0 Å². The number of rotatable bonds is 10. The standard InChI is InChI=1S/C27H29ClF2N4O3/c1-37-25-11-10-24-27(33-25)21(22(28)14-32-24)8-7-20-6-5-19(15-34(20)16-26(35)36)31-12-2-3-17-13-18(29)4-9-23(17)30/h2-4,9-11,13-14,19-20,31H,5-8,12,15-16H2,1H3,(H,35,36)/t19-,20+/m0/s1. The molecule has 0 spiro atoms. The van der Waals surface area contributed by atoms with Crippen LogP contribution in [-0.4, -0.2) is 64.8 Å². The summed E-state index contributed by atoms with van der Waals surface area (Å²) >= 11 is 6.48. The minimum absolute atomic E-state index is 0.0654. The summed E-state index contributed by atoms with van der Waals surface area (Å²) < 4.78 is 32.4. The number of methoxy groups -OCH3 is 1. The molecule has 4 rings (SSSR count). The average Bonchev–Trinajstić information content (AvgIpc) is 2.88. The quantitative estimate of drug-likeness (QED) is 0.392. The van der Waals surface area contributed by atoms with E-state index in [0.29, 0.717) is 35.9 Å². The summed E-state index contributed by atoms with van der Waals surface area (Å²) in [4.78, 5) is 22.4. The Labute approximate surface area is 219 Å². The number of likely N-dealkylation sites (tertiary alicyclic amines) is 1. The highest BCUT2D eigenvalue weighted by atomic mass is 35.5. The molecule has 0 amide bonds. The molecule has 10 heteroatoms. The molecule has 37 heavy (non-hydrogen) atoms. The van der Waals surface area contributed by atoms with Crippen molar-refractivity contribution in [3.05, 3.63) is 70.4 Å². The van der Waals surface area contributed by atoms with Crippen LogP contribution in [-0.2, 0) is 11.2 Å². The number of halogens is 3. The molecule has 3 aromatic rings. The number of carbonyl (C=O) groups is 1. The normalized spacial score (nSPS) is 18.5. The molecule has 196 valence electrons. The van der Waals surface area contributed by atoms with E-state index in [1.165, 1.54) is 6.08 Å². The molecule has 0 saturated carbocycles. The van der Waals surface area contributed by atoms with Crippen molar-refractivity contribution in [3.63, 3.8) is 0 Å². The number of aliphatic carboxylic acids is 1. The second kappa shape index (κ2) is 12.4. The summed E-state index contributed by atoms with van der Waals surface area (Å²) in [5.74, 6) is -1.38. The molecule has 3 heterocycles. The third-order valence-electron chi connectivity index (χ3n) is 6.61. The largest absolute Gasteiger partial charge is 0.481 e. The molecule has 2 aromatic heterocycles. The number of hydrogen-bond donors (Lipinski definition) is 2. The van der Waals surface area contributed by atoms with Crippen LogP contribution >= 0.6 is 11.6 Å². The van der Waals surface area contributed by atoms with Crippen LogP contribution in [0.3, 0.4) is 0 Å². The minimum Gasteiger partial charge on any atom is -0.481 e. The van der Waals surface area contributed by atoms with E-state index >= 15 is 0 Å². The van der Waals surface area contributed by atoms with E-state index in [4.69, 9.17) is 16.3 Å². The lowest BCUT2D eigenvalue weighted by atomic mass is 9.93. The van der Waals surface area contributed by atoms with Crippen LogP contribution in [0.25, 0.3) is 17.1 Å². The van der Waals surface area contributed by atoms with Crippen LogP contribution in [0.15, 0.2) is 42.6 Å². The maximum Gasteiger partial charge on any atom is 0.317 e. The molecular weight excluding hydrogens is 502 g/mol. The zero-order chi connectivity index (χ0) is 26.4. The van der Waals surface area contributed by atoms with Crippen molar-refractivity contribution in [2.45, 2.75) is 37.8 Å². The van der Waals surface area contributed by atoms with Gasteiger partial charge in [0, 0.05) is 48.6 Å². The van der Waals surface area contributed by atoms with Gasteiger partial charge in [-0.2, -0.15) is 0 Å². The van der Waals surface area contributed by atoms with Crippen molar-refractivity contribution in [1.29, 1.82) is 0 Å². The fourth-order valence-electron chi connectivity index (χ4n) is 4.76. The molecule has 1 aliphatic heterocycles. The third-order valence-corrected chi connectivity index (χ3v) is 6.94. The molecule has 0 unspecified atom stereocenters. The van der Waals surface area contributed by atoms with Crippen molar-refractivity contribution in [1.82, 2.24) is 20.2 Å². The first kappa shape index (κ1) is 26.9. The fourth-order valence-corrected chi connectivity index (χ4v) is 5.00.